The number of hydrogen-bond acceptors (Lipinski definition) is 2. The molecule has 0 spiro atoms. The summed E-state index contributed by atoms with van der Waals surface area (Å²) in [4.78, 5) is 12.2. The third-order valence-corrected chi connectivity index (χ3v) is 8.83. The zero-order valence-electron chi connectivity index (χ0n) is 14.7. The summed E-state index contributed by atoms with van der Waals surface area (Å²) in [6.07, 6.45) is 5.50. The molecule has 2 nitrogen and oxygen atoms in total. The zero-order chi connectivity index (χ0) is 17.6. The van der Waals surface area contributed by atoms with Crippen LogP contribution in [0.4, 0.5) is 0 Å². The summed E-state index contributed by atoms with van der Waals surface area (Å²) < 4.78 is 5.47. The second-order valence-corrected chi connectivity index (χ2v) is 10.6. The van der Waals surface area contributed by atoms with Gasteiger partial charge in [-0.15, -0.1) is 0 Å². The first kappa shape index (κ1) is 18.2. The minimum Gasteiger partial charge on any atom is -0.423 e. The van der Waals surface area contributed by atoms with Crippen LogP contribution in [0.2, 0.25) is 17.1 Å². The van der Waals surface area contributed by atoms with E-state index in [0.29, 0.717) is 16.3 Å². The van der Waals surface area contributed by atoms with Gasteiger partial charge in [-0.3, -0.25) is 0 Å². The molecule has 1 aliphatic heterocycles. The predicted molar refractivity (Wildman–Crippen MR) is 107 cm³/mol. The topological polar surface area (TPSA) is 26.3 Å². The van der Waals surface area contributed by atoms with Gasteiger partial charge in [0.05, 0.1) is 14.4 Å². The Morgan fingerprint density at radius 1 is 1.08 bits per heavy atom. The number of hydrogen-bond donors (Lipinski definition) is 0. The van der Waals surface area contributed by atoms with Crippen molar-refractivity contribution in [2.75, 3.05) is 0 Å². The van der Waals surface area contributed by atoms with Crippen LogP contribution < -0.4 is 9.92 Å². The van der Waals surface area contributed by atoms with Gasteiger partial charge in [-0.25, -0.2) is 4.79 Å². The normalized spacial score (nSPS) is 20.2. The first-order chi connectivity index (χ1) is 12.2. The Morgan fingerprint density at radius 3 is 2.32 bits per heavy atom. The summed E-state index contributed by atoms with van der Waals surface area (Å²) in [7, 11) is -0.825. The van der Waals surface area contributed by atoms with Crippen LogP contribution in [-0.4, -0.2) is 14.8 Å². The molecule has 0 radical (unpaired) electrons. The molecule has 0 atom stereocenters. The van der Waals surface area contributed by atoms with Gasteiger partial charge < -0.3 is 4.74 Å². The first-order valence-electron chi connectivity index (χ1n) is 9.23. The molecule has 132 valence electrons. The zero-order valence-corrected chi connectivity index (χ0v) is 16.6. The Balaban J connectivity index is 1.57. The standard InChI is InChI=1S/C21H25ClO2Si/c1-2-3-16-12-14-25(15-13-16)20-10-8-19(9-11-20)24-21(23)17-4-6-18(22)7-5-17/h4-11,16,25H,2-3,12-15H2,1H3/t16-,25-. The van der Waals surface area contributed by atoms with E-state index in [-0.39, 0.29) is 5.97 Å². The van der Waals surface area contributed by atoms with Crippen LogP contribution in [0.5, 0.6) is 5.75 Å². The van der Waals surface area contributed by atoms with E-state index in [1.807, 2.05) is 12.1 Å². The fourth-order valence-electron chi connectivity index (χ4n) is 3.75. The molecule has 0 amide bonds. The molecule has 2 aromatic carbocycles. The van der Waals surface area contributed by atoms with Gasteiger partial charge in [0.1, 0.15) is 5.75 Å². The number of rotatable bonds is 5. The predicted octanol–water partition coefficient (Wildman–Crippen LogP) is 5.20. The lowest BCUT2D eigenvalue weighted by molar-refractivity contribution is 0.0735. The molecule has 25 heavy (non-hydrogen) atoms. The van der Waals surface area contributed by atoms with Crippen molar-refractivity contribution in [1.82, 2.24) is 0 Å². The molecule has 1 aliphatic rings. The molecule has 0 bridgehead atoms. The van der Waals surface area contributed by atoms with Gasteiger partial charge in [0.25, 0.3) is 0 Å². The lowest BCUT2D eigenvalue weighted by atomic mass is 9.97. The summed E-state index contributed by atoms with van der Waals surface area (Å²) in [5, 5.41) is 2.11. The Labute approximate surface area is 156 Å². The van der Waals surface area contributed by atoms with Crippen molar-refractivity contribution in [3.8, 4) is 5.75 Å². The summed E-state index contributed by atoms with van der Waals surface area (Å²) in [6.45, 7) is 2.29. The lowest BCUT2D eigenvalue weighted by Gasteiger charge is -2.27. The van der Waals surface area contributed by atoms with Crippen LogP contribution in [0.3, 0.4) is 0 Å². The maximum atomic E-state index is 12.2. The van der Waals surface area contributed by atoms with Crippen LogP contribution >= 0.6 is 11.6 Å². The number of halogens is 1. The van der Waals surface area contributed by atoms with E-state index in [0.717, 1.165) is 5.92 Å². The van der Waals surface area contributed by atoms with Gasteiger partial charge in [0.15, 0.2) is 0 Å². The number of benzene rings is 2. The maximum absolute atomic E-state index is 12.2. The Hall–Kier alpha value is -1.58. The Bertz CT molecular complexity index is 689. The smallest absolute Gasteiger partial charge is 0.343 e. The summed E-state index contributed by atoms with van der Waals surface area (Å²) in [5.74, 6) is 1.22. The second kappa shape index (κ2) is 8.68. The van der Waals surface area contributed by atoms with Crippen molar-refractivity contribution in [3.05, 3.63) is 59.1 Å². The maximum Gasteiger partial charge on any atom is 0.343 e. The Morgan fingerprint density at radius 2 is 1.72 bits per heavy atom. The van der Waals surface area contributed by atoms with Crippen molar-refractivity contribution in [1.29, 1.82) is 0 Å². The molecule has 0 unspecified atom stereocenters. The van der Waals surface area contributed by atoms with Gasteiger partial charge in [-0.2, -0.15) is 0 Å². The highest BCUT2D eigenvalue weighted by Gasteiger charge is 2.23. The van der Waals surface area contributed by atoms with E-state index in [1.54, 1.807) is 24.3 Å². The Kier molecular flexibility index (Phi) is 6.32. The van der Waals surface area contributed by atoms with Crippen LogP contribution in [-0.2, 0) is 0 Å². The van der Waals surface area contributed by atoms with E-state index in [1.165, 1.54) is 43.0 Å². The van der Waals surface area contributed by atoms with Crippen LogP contribution in [0.15, 0.2) is 48.5 Å². The molecule has 0 saturated carbocycles. The summed E-state index contributed by atoms with van der Waals surface area (Å²) in [6, 6.07) is 17.8. The van der Waals surface area contributed by atoms with Gasteiger partial charge >= 0.3 is 5.97 Å². The third-order valence-electron chi connectivity index (χ3n) is 5.19. The molecule has 0 aromatic heterocycles. The molecule has 4 heteroatoms. The van der Waals surface area contributed by atoms with E-state index in [9.17, 15) is 4.79 Å². The van der Waals surface area contributed by atoms with Crippen molar-refractivity contribution in [2.45, 2.75) is 44.7 Å². The molecular weight excluding hydrogens is 348 g/mol. The fourth-order valence-corrected chi connectivity index (χ4v) is 7.32. The molecule has 1 saturated heterocycles. The molecule has 3 rings (SSSR count). The lowest BCUT2D eigenvalue weighted by Crippen LogP contribution is -2.33. The number of ether oxygens (including phenoxy) is 1. The van der Waals surface area contributed by atoms with Crippen LogP contribution in [0.25, 0.3) is 0 Å². The number of carbonyl (C=O) groups is 1. The van der Waals surface area contributed by atoms with E-state index in [4.69, 9.17) is 16.3 Å². The number of carbonyl (C=O) groups excluding carboxylic acids is 1. The van der Waals surface area contributed by atoms with Crippen molar-refractivity contribution in [2.24, 2.45) is 5.92 Å². The van der Waals surface area contributed by atoms with E-state index >= 15 is 0 Å². The minimum atomic E-state index is -0.825. The van der Waals surface area contributed by atoms with E-state index in [2.05, 4.69) is 19.1 Å². The number of esters is 1. The third kappa shape index (κ3) is 4.96. The summed E-state index contributed by atoms with van der Waals surface area (Å²) in [5.41, 5.74) is 0.511. The van der Waals surface area contributed by atoms with Crippen LogP contribution in [0.1, 0.15) is 43.0 Å². The molecule has 0 N–H and O–H groups in total. The van der Waals surface area contributed by atoms with Crippen molar-refractivity contribution < 1.29 is 9.53 Å². The van der Waals surface area contributed by atoms with Crippen molar-refractivity contribution >= 4 is 31.6 Å². The van der Waals surface area contributed by atoms with E-state index < -0.39 is 8.80 Å². The fraction of sp³-hybridized carbons (Fsp3) is 0.381. The van der Waals surface area contributed by atoms with Crippen molar-refractivity contribution in [3.63, 3.8) is 0 Å². The molecule has 1 heterocycles. The average Bonchev–Trinajstić information content (AvgIpc) is 2.64. The van der Waals surface area contributed by atoms with Gasteiger partial charge in [-0.05, 0) is 42.3 Å². The second-order valence-electron chi connectivity index (χ2n) is 6.97. The highest BCUT2D eigenvalue weighted by molar-refractivity contribution is 6.73. The molecule has 2 aromatic rings. The molecule has 1 fully saturated rings. The highest BCUT2D eigenvalue weighted by atomic mass is 35.5. The molecular formula is C21H25ClO2Si. The van der Waals surface area contributed by atoms with Crippen LogP contribution in [0, 0.1) is 5.92 Å². The van der Waals surface area contributed by atoms with Gasteiger partial charge in [-0.1, -0.05) is 73.6 Å². The SMILES string of the molecule is CCC[C@H]1CC[Si@H](c2ccc(OC(=O)c3ccc(Cl)cc3)cc2)CC1. The summed E-state index contributed by atoms with van der Waals surface area (Å²) >= 11 is 5.85. The molecule has 0 aliphatic carbocycles. The monoisotopic (exact) mass is 372 g/mol. The first-order valence-corrected chi connectivity index (χ1v) is 11.8. The quantitative estimate of drug-likeness (QED) is 0.409. The van der Waals surface area contributed by atoms with Gasteiger partial charge in [0.2, 0.25) is 0 Å². The largest absolute Gasteiger partial charge is 0.423 e. The highest BCUT2D eigenvalue weighted by Crippen LogP contribution is 2.28. The van der Waals surface area contributed by atoms with Gasteiger partial charge in [0, 0.05) is 5.02 Å². The average molecular weight is 373 g/mol. The minimum absolute atomic E-state index is 0.346.